The Morgan fingerprint density at radius 3 is 2.14 bits per heavy atom. The molecular formula is C10H20O4. The molecule has 0 bridgehead atoms. The molecule has 0 radical (unpaired) electrons. The normalized spacial score (nSPS) is 12.9. The molecule has 0 saturated heterocycles. The van der Waals surface area contributed by atoms with E-state index >= 15 is 0 Å². The van der Waals surface area contributed by atoms with Gasteiger partial charge in [0.05, 0.1) is 7.11 Å². The van der Waals surface area contributed by atoms with Crippen molar-refractivity contribution in [1.82, 2.24) is 0 Å². The summed E-state index contributed by atoms with van der Waals surface area (Å²) in [5, 5.41) is 0. The number of hydrogen-bond acceptors (Lipinski definition) is 4. The second-order valence-corrected chi connectivity index (χ2v) is 3.11. The summed E-state index contributed by atoms with van der Waals surface area (Å²) in [6, 6.07) is 0. The van der Waals surface area contributed by atoms with Crippen LogP contribution >= 0.6 is 0 Å². The summed E-state index contributed by atoms with van der Waals surface area (Å²) in [6.45, 7) is 2.07. The topological polar surface area (TPSA) is 44.8 Å². The average Bonchev–Trinajstić information content (AvgIpc) is 2.23. The molecule has 0 fully saturated rings. The smallest absolute Gasteiger partial charge is 0.313 e. The molecule has 0 aromatic rings. The van der Waals surface area contributed by atoms with Gasteiger partial charge >= 0.3 is 5.97 Å². The van der Waals surface area contributed by atoms with Crippen molar-refractivity contribution in [3.05, 3.63) is 0 Å². The molecule has 1 unspecified atom stereocenters. The van der Waals surface area contributed by atoms with E-state index in [4.69, 9.17) is 14.2 Å². The van der Waals surface area contributed by atoms with E-state index in [0.29, 0.717) is 0 Å². The third kappa shape index (κ3) is 4.07. The fourth-order valence-electron chi connectivity index (χ4n) is 1.37. The highest BCUT2D eigenvalue weighted by Crippen LogP contribution is 2.17. The lowest BCUT2D eigenvalue weighted by atomic mass is 10.0. The minimum Gasteiger partial charge on any atom is -0.469 e. The number of carbonyl (C=O) groups excluding carboxylic acids is 1. The zero-order chi connectivity index (χ0) is 11.0. The molecule has 0 aromatic carbocycles. The van der Waals surface area contributed by atoms with Gasteiger partial charge in [-0.05, 0) is 6.42 Å². The Kier molecular flexibility index (Phi) is 7.42. The standard InChI is InChI=1S/C10H20O4/c1-5-6-7-8(9(11)12-2)10(13-3)14-4/h8,10H,5-7H2,1-4H3. The molecule has 4 nitrogen and oxygen atoms in total. The molecule has 1 atom stereocenters. The monoisotopic (exact) mass is 204 g/mol. The molecule has 0 aliphatic rings. The maximum atomic E-state index is 11.4. The van der Waals surface area contributed by atoms with Crippen LogP contribution in [0.4, 0.5) is 0 Å². The molecule has 14 heavy (non-hydrogen) atoms. The first kappa shape index (κ1) is 13.4. The molecule has 0 rings (SSSR count). The largest absolute Gasteiger partial charge is 0.469 e. The molecule has 0 aromatic heterocycles. The van der Waals surface area contributed by atoms with Crippen molar-refractivity contribution in [2.75, 3.05) is 21.3 Å². The van der Waals surface area contributed by atoms with E-state index in [1.807, 2.05) is 0 Å². The van der Waals surface area contributed by atoms with Gasteiger partial charge in [0.1, 0.15) is 5.92 Å². The summed E-state index contributed by atoms with van der Waals surface area (Å²) in [5.74, 6) is -0.595. The number of rotatable bonds is 7. The predicted molar refractivity (Wildman–Crippen MR) is 52.8 cm³/mol. The van der Waals surface area contributed by atoms with Crippen LogP contribution in [0.2, 0.25) is 0 Å². The van der Waals surface area contributed by atoms with Crippen LogP contribution in [0, 0.1) is 5.92 Å². The van der Waals surface area contributed by atoms with Crippen molar-refractivity contribution in [3.8, 4) is 0 Å². The lowest BCUT2D eigenvalue weighted by Gasteiger charge is -2.22. The highest BCUT2D eigenvalue weighted by molar-refractivity contribution is 5.72. The second-order valence-electron chi connectivity index (χ2n) is 3.11. The highest BCUT2D eigenvalue weighted by Gasteiger charge is 2.28. The van der Waals surface area contributed by atoms with Crippen LogP contribution in [0.3, 0.4) is 0 Å². The average molecular weight is 204 g/mol. The zero-order valence-electron chi connectivity index (χ0n) is 9.41. The molecule has 0 N–H and O–H groups in total. The van der Waals surface area contributed by atoms with E-state index in [0.717, 1.165) is 19.3 Å². The van der Waals surface area contributed by atoms with E-state index in [1.165, 1.54) is 21.3 Å². The maximum absolute atomic E-state index is 11.4. The van der Waals surface area contributed by atoms with Crippen molar-refractivity contribution in [1.29, 1.82) is 0 Å². The number of carbonyl (C=O) groups is 1. The van der Waals surface area contributed by atoms with Crippen LogP contribution < -0.4 is 0 Å². The van der Waals surface area contributed by atoms with E-state index in [2.05, 4.69) is 6.92 Å². The van der Waals surface area contributed by atoms with Crippen molar-refractivity contribution in [3.63, 3.8) is 0 Å². The lowest BCUT2D eigenvalue weighted by Crippen LogP contribution is -2.32. The fourth-order valence-corrected chi connectivity index (χ4v) is 1.37. The van der Waals surface area contributed by atoms with Gasteiger partial charge in [0, 0.05) is 14.2 Å². The van der Waals surface area contributed by atoms with E-state index in [9.17, 15) is 4.79 Å². The quantitative estimate of drug-likeness (QED) is 0.466. The van der Waals surface area contributed by atoms with Crippen LogP contribution in [0.25, 0.3) is 0 Å². The number of ether oxygens (including phenoxy) is 3. The van der Waals surface area contributed by atoms with Crippen molar-refractivity contribution < 1.29 is 19.0 Å². The fraction of sp³-hybridized carbons (Fsp3) is 0.900. The van der Waals surface area contributed by atoms with E-state index in [1.54, 1.807) is 0 Å². The summed E-state index contributed by atoms with van der Waals surface area (Å²) >= 11 is 0. The minimum atomic E-state index is -0.506. The Morgan fingerprint density at radius 2 is 1.79 bits per heavy atom. The third-order valence-electron chi connectivity index (χ3n) is 2.17. The summed E-state index contributed by atoms with van der Waals surface area (Å²) in [6.07, 6.45) is 2.22. The molecule has 4 heteroatoms. The number of hydrogen-bond donors (Lipinski definition) is 0. The van der Waals surface area contributed by atoms with Crippen molar-refractivity contribution in [2.45, 2.75) is 32.5 Å². The van der Waals surface area contributed by atoms with Crippen molar-refractivity contribution in [2.24, 2.45) is 5.92 Å². The van der Waals surface area contributed by atoms with Gasteiger partial charge in [0.25, 0.3) is 0 Å². The lowest BCUT2D eigenvalue weighted by molar-refractivity contribution is -0.175. The van der Waals surface area contributed by atoms with Gasteiger partial charge in [-0.3, -0.25) is 4.79 Å². The van der Waals surface area contributed by atoms with Gasteiger partial charge in [-0.25, -0.2) is 0 Å². The van der Waals surface area contributed by atoms with Crippen LogP contribution in [0.5, 0.6) is 0 Å². The Labute approximate surface area is 85.5 Å². The van der Waals surface area contributed by atoms with Gasteiger partial charge in [0.15, 0.2) is 6.29 Å². The van der Waals surface area contributed by atoms with Gasteiger partial charge in [-0.15, -0.1) is 0 Å². The third-order valence-corrected chi connectivity index (χ3v) is 2.17. The second kappa shape index (κ2) is 7.76. The first-order valence-corrected chi connectivity index (χ1v) is 4.84. The summed E-state index contributed by atoms with van der Waals surface area (Å²) in [4.78, 5) is 11.4. The summed E-state index contributed by atoms with van der Waals surface area (Å²) in [5.41, 5.74) is 0. The first-order valence-electron chi connectivity index (χ1n) is 4.84. The van der Waals surface area contributed by atoms with E-state index in [-0.39, 0.29) is 11.9 Å². The number of esters is 1. The molecule has 0 heterocycles. The predicted octanol–water partition coefficient (Wildman–Crippen LogP) is 1.58. The Hall–Kier alpha value is -0.610. The van der Waals surface area contributed by atoms with Gasteiger partial charge in [-0.1, -0.05) is 19.8 Å². The van der Waals surface area contributed by atoms with Crippen LogP contribution in [0.1, 0.15) is 26.2 Å². The Balaban J connectivity index is 4.27. The molecule has 0 amide bonds. The minimum absolute atomic E-state index is 0.271. The number of unbranched alkanes of at least 4 members (excludes halogenated alkanes) is 1. The van der Waals surface area contributed by atoms with Gasteiger partial charge < -0.3 is 14.2 Å². The first-order chi connectivity index (χ1) is 6.71. The summed E-state index contributed by atoms with van der Waals surface area (Å²) in [7, 11) is 4.43. The summed E-state index contributed by atoms with van der Waals surface area (Å²) < 4.78 is 14.8. The molecule has 0 aliphatic carbocycles. The maximum Gasteiger partial charge on any atom is 0.313 e. The van der Waals surface area contributed by atoms with Crippen LogP contribution in [0.15, 0.2) is 0 Å². The van der Waals surface area contributed by atoms with Crippen LogP contribution in [-0.4, -0.2) is 33.6 Å². The van der Waals surface area contributed by atoms with Gasteiger partial charge in [0.2, 0.25) is 0 Å². The molecular weight excluding hydrogens is 184 g/mol. The molecule has 0 saturated carbocycles. The van der Waals surface area contributed by atoms with Gasteiger partial charge in [-0.2, -0.15) is 0 Å². The molecule has 0 aliphatic heterocycles. The number of methoxy groups -OCH3 is 3. The van der Waals surface area contributed by atoms with Crippen molar-refractivity contribution >= 4 is 5.97 Å². The van der Waals surface area contributed by atoms with Crippen LogP contribution in [-0.2, 0) is 19.0 Å². The molecule has 84 valence electrons. The highest BCUT2D eigenvalue weighted by atomic mass is 16.7. The molecule has 0 spiro atoms. The Morgan fingerprint density at radius 1 is 1.21 bits per heavy atom. The Bertz CT molecular complexity index is 154. The van der Waals surface area contributed by atoms with E-state index < -0.39 is 6.29 Å². The SMILES string of the molecule is CCCCC(C(=O)OC)C(OC)OC. The zero-order valence-corrected chi connectivity index (χ0v) is 9.41.